The molecule has 160 valence electrons. The molecule has 0 radical (unpaired) electrons. The Balaban J connectivity index is 0.000000124. The molecule has 2 aliphatic rings. The van der Waals surface area contributed by atoms with Gasteiger partial charge in [0.1, 0.15) is 0 Å². The Labute approximate surface area is 205 Å². The molecule has 0 saturated carbocycles. The first-order chi connectivity index (χ1) is 15.5. The SMILES string of the molecule is C[Si](C)=[Zr]([Cl])[Cl].[C-]1=CCc2cc3ccccc3cc21.[C-]1=CCc2cc3ccccc3cc21. The van der Waals surface area contributed by atoms with E-state index >= 15 is 0 Å². The van der Waals surface area contributed by atoms with Crippen molar-refractivity contribution in [3.05, 3.63) is 119 Å². The quantitative estimate of drug-likeness (QED) is 0.152. The van der Waals surface area contributed by atoms with Gasteiger partial charge in [0.2, 0.25) is 0 Å². The Morgan fingerprint density at radius 2 is 1.00 bits per heavy atom. The van der Waals surface area contributed by atoms with Gasteiger partial charge < -0.3 is 0 Å². The minimum absolute atomic E-state index is 0.224. The molecule has 0 N–H and O–H groups in total. The number of rotatable bonds is 0. The molecule has 0 atom stereocenters. The molecule has 0 fully saturated rings. The molecule has 6 rings (SSSR count). The second kappa shape index (κ2) is 11.1. The normalized spacial score (nSPS) is 12.5. The second-order valence-corrected chi connectivity index (χ2v) is 31.1. The summed E-state index contributed by atoms with van der Waals surface area (Å²) in [6.07, 6.45) is 12.8. The van der Waals surface area contributed by atoms with Gasteiger partial charge in [0.25, 0.3) is 0 Å². The average Bonchev–Trinajstić information content (AvgIpc) is 3.45. The zero-order chi connectivity index (χ0) is 22.5. The minimum Gasteiger partial charge on any atom is -0.189 e. The maximum absolute atomic E-state index is 5.62. The van der Waals surface area contributed by atoms with Gasteiger partial charge in [0.15, 0.2) is 0 Å². The molecule has 0 nitrogen and oxygen atoms in total. The number of allylic oxidation sites excluding steroid dienone is 2. The molecular formula is C28H24Cl2SiZr-2. The van der Waals surface area contributed by atoms with Crippen LogP contribution in [0.5, 0.6) is 0 Å². The number of halogens is 2. The number of hydrogen-bond acceptors (Lipinski definition) is 0. The summed E-state index contributed by atoms with van der Waals surface area (Å²) in [5.74, 6) is 0. The van der Waals surface area contributed by atoms with Crippen molar-refractivity contribution >= 4 is 44.0 Å². The summed E-state index contributed by atoms with van der Waals surface area (Å²) in [7, 11) is 11.2. The number of hydrogen-bond donors (Lipinski definition) is 0. The van der Waals surface area contributed by atoms with Crippen LogP contribution in [0.25, 0.3) is 21.5 Å². The van der Waals surface area contributed by atoms with Crippen molar-refractivity contribution < 1.29 is 18.0 Å². The summed E-state index contributed by atoms with van der Waals surface area (Å²) in [6.45, 7) is 4.33. The van der Waals surface area contributed by atoms with E-state index in [9.17, 15) is 0 Å². The Kier molecular flexibility index (Phi) is 8.24. The summed E-state index contributed by atoms with van der Waals surface area (Å²) in [5.41, 5.74) is 5.10. The molecule has 4 heteroatoms. The van der Waals surface area contributed by atoms with Gasteiger partial charge >= 0.3 is 53.5 Å². The minimum atomic E-state index is -1.65. The maximum Gasteiger partial charge on any atom is -0.0424 e. The van der Waals surface area contributed by atoms with Crippen LogP contribution >= 0.6 is 17.0 Å². The number of benzene rings is 4. The molecular weight excluding hydrogens is 527 g/mol. The first kappa shape index (κ1) is 23.7. The molecule has 0 aliphatic heterocycles. The van der Waals surface area contributed by atoms with Crippen molar-refractivity contribution in [2.24, 2.45) is 0 Å². The van der Waals surface area contributed by atoms with E-state index in [4.69, 9.17) is 17.0 Å². The predicted octanol–water partition coefficient (Wildman–Crippen LogP) is 8.37. The summed E-state index contributed by atoms with van der Waals surface area (Å²) < 4.78 is 0. The second-order valence-electron chi connectivity index (χ2n) is 8.08. The van der Waals surface area contributed by atoms with E-state index in [-0.39, 0.29) is 5.43 Å². The van der Waals surface area contributed by atoms with Crippen LogP contribution in [0.2, 0.25) is 13.1 Å². The van der Waals surface area contributed by atoms with Crippen molar-refractivity contribution in [1.29, 1.82) is 0 Å². The monoisotopic (exact) mass is 548 g/mol. The van der Waals surface area contributed by atoms with Crippen LogP contribution in [0.15, 0.2) is 84.9 Å². The van der Waals surface area contributed by atoms with Crippen molar-refractivity contribution in [2.45, 2.75) is 25.9 Å². The van der Waals surface area contributed by atoms with Crippen LogP contribution in [0.3, 0.4) is 0 Å². The van der Waals surface area contributed by atoms with E-state index in [0.29, 0.717) is 0 Å². The van der Waals surface area contributed by atoms with E-state index < -0.39 is 18.0 Å². The van der Waals surface area contributed by atoms with Crippen LogP contribution < -0.4 is 0 Å². The fraction of sp³-hybridized carbons (Fsp3) is 0.143. The molecule has 0 bridgehead atoms. The molecule has 4 aromatic carbocycles. The first-order valence-corrected chi connectivity index (χ1v) is 23.2. The van der Waals surface area contributed by atoms with Gasteiger partial charge in [-0.05, 0) is 10.8 Å². The van der Waals surface area contributed by atoms with Crippen molar-refractivity contribution in [3.8, 4) is 0 Å². The third-order valence-electron chi connectivity index (χ3n) is 5.48. The van der Waals surface area contributed by atoms with E-state index in [1.807, 2.05) is 0 Å². The van der Waals surface area contributed by atoms with Gasteiger partial charge in [-0.3, -0.25) is 0 Å². The van der Waals surface area contributed by atoms with Crippen LogP contribution in [-0.4, -0.2) is 5.43 Å². The molecule has 0 spiro atoms. The summed E-state index contributed by atoms with van der Waals surface area (Å²) in [4.78, 5) is 0. The van der Waals surface area contributed by atoms with Crippen LogP contribution in [-0.2, 0) is 30.8 Å². The van der Waals surface area contributed by atoms with Crippen LogP contribution in [0.1, 0.15) is 22.3 Å². The smallest absolute Gasteiger partial charge is 0.0424 e. The summed E-state index contributed by atoms with van der Waals surface area (Å²) in [5, 5.41) is 5.28. The van der Waals surface area contributed by atoms with Gasteiger partial charge in [-0.1, -0.05) is 72.1 Å². The van der Waals surface area contributed by atoms with E-state index in [0.717, 1.165) is 12.8 Å². The standard InChI is InChI=1S/2C13H9.C2H6Si.2ClH.Zr/c2*1-2-5-11-9-13-7-3-6-12(13)8-10(11)4-1;1-3-2;;;/h2*1-5,8-9H,6H2;1-2H3;2*1H;/q2*-1;;;;+2/p-2. The van der Waals surface area contributed by atoms with Gasteiger partial charge in [-0.2, -0.15) is 47.6 Å². The fourth-order valence-corrected chi connectivity index (χ4v) is 3.72. The zero-order valence-corrected chi connectivity index (χ0v) is 23.2. The average molecular weight is 551 g/mol. The first-order valence-electron chi connectivity index (χ1n) is 10.7. The molecule has 0 amide bonds. The third kappa shape index (κ3) is 5.91. The van der Waals surface area contributed by atoms with E-state index in [2.05, 4.69) is 110 Å². The largest absolute Gasteiger partial charge is 0.189 e. The summed E-state index contributed by atoms with van der Waals surface area (Å²) in [6, 6.07) is 25.9. The zero-order valence-electron chi connectivity index (χ0n) is 18.3. The predicted molar refractivity (Wildman–Crippen MR) is 138 cm³/mol. The van der Waals surface area contributed by atoms with Crippen molar-refractivity contribution in [2.75, 3.05) is 0 Å². The molecule has 32 heavy (non-hydrogen) atoms. The Hall–Kier alpha value is -1.44. The maximum atomic E-state index is 5.62. The van der Waals surface area contributed by atoms with Gasteiger partial charge in [0.05, 0.1) is 0 Å². The van der Waals surface area contributed by atoms with Crippen LogP contribution in [0.4, 0.5) is 0 Å². The number of fused-ring (bicyclic) bond motifs is 4. The molecule has 0 aromatic heterocycles. The van der Waals surface area contributed by atoms with Crippen LogP contribution in [0, 0.1) is 12.2 Å². The van der Waals surface area contributed by atoms with Gasteiger partial charge in [-0.15, -0.1) is 23.3 Å². The van der Waals surface area contributed by atoms with Crippen molar-refractivity contribution in [3.63, 3.8) is 0 Å². The Bertz CT molecular complexity index is 1260. The molecule has 4 aromatic rings. The molecule has 2 aliphatic carbocycles. The Morgan fingerprint density at radius 1 is 0.656 bits per heavy atom. The third-order valence-corrected chi connectivity index (χ3v) is 25.2. The fourth-order valence-electron chi connectivity index (χ4n) is 3.72. The van der Waals surface area contributed by atoms with Gasteiger partial charge in [-0.25, -0.2) is 0 Å². The van der Waals surface area contributed by atoms with Gasteiger partial charge in [0, 0.05) is 0 Å². The van der Waals surface area contributed by atoms with E-state index in [1.54, 1.807) is 0 Å². The Morgan fingerprint density at radius 3 is 1.34 bits per heavy atom. The molecule has 0 heterocycles. The van der Waals surface area contributed by atoms with E-state index in [1.165, 1.54) is 43.8 Å². The molecule has 0 saturated heterocycles. The molecule has 0 unspecified atom stereocenters. The summed E-state index contributed by atoms with van der Waals surface area (Å²) >= 11 is -1.65. The van der Waals surface area contributed by atoms with Crippen molar-refractivity contribution in [1.82, 2.24) is 0 Å². The topological polar surface area (TPSA) is 0 Å².